The maximum atomic E-state index is 5.52. The first-order valence-corrected chi connectivity index (χ1v) is 2.49. The number of likely N-dealkylation sites (N-methyl/N-ethyl adjacent to an activating group) is 1. The van der Waals surface area contributed by atoms with Gasteiger partial charge in [0.1, 0.15) is 0 Å². The largest absolute Gasteiger partial charge is 0.325 e. The molecule has 0 saturated carbocycles. The monoisotopic (exact) mass is 101 g/mol. The lowest BCUT2D eigenvalue weighted by atomic mass is 10.3. The molecule has 0 spiro atoms. The predicted molar refractivity (Wildman–Crippen MR) is 28.6 cm³/mol. The average Bonchev–Trinajstić information content (AvgIpc) is 1.87. The summed E-state index contributed by atoms with van der Waals surface area (Å²) in [5.74, 6) is 0. The van der Waals surface area contributed by atoms with Crippen molar-refractivity contribution in [1.29, 1.82) is 0 Å². The lowest BCUT2D eigenvalue weighted by Gasteiger charge is -2.03. The zero-order valence-electron chi connectivity index (χ0n) is 4.52. The fourth-order valence-electron chi connectivity index (χ4n) is 0.754. The van der Waals surface area contributed by atoms with E-state index in [4.69, 9.17) is 5.73 Å². The summed E-state index contributed by atoms with van der Waals surface area (Å²) in [5.41, 5.74) is 8.60. The summed E-state index contributed by atoms with van der Waals surface area (Å²) in [5, 5.41) is 2.00. The van der Waals surface area contributed by atoms with Gasteiger partial charge in [-0.15, -0.1) is 0 Å². The molecular weight excluding hydrogens is 90.1 g/mol. The highest BCUT2D eigenvalue weighted by molar-refractivity contribution is 4.72. The van der Waals surface area contributed by atoms with E-state index >= 15 is 0 Å². The lowest BCUT2D eigenvalue weighted by Crippen LogP contribution is -2.25. The second-order valence-corrected chi connectivity index (χ2v) is 2.00. The van der Waals surface area contributed by atoms with E-state index in [1.165, 1.54) is 0 Å². The molecule has 0 radical (unpaired) electrons. The molecule has 1 atom stereocenters. The van der Waals surface area contributed by atoms with Crippen molar-refractivity contribution in [2.45, 2.75) is 6.04 Å². The summed E-state index contributed by atoms with van der Waals surface area (Å²) < 4.78 is 0. The van der Waals surface area contributed by atoms with Gasteiger partial charge in [0, 0.05) is 26.2 Å². The van der Waals surface area contributed by atoms with E-state index < -0.39 is 0 Å². The Morgan fingerprint density at radius 3 is 2.71 bits per heavy atom. The Morgan fingerprint density at radius 2 is 2.57 bits per heavy atom. The van der Waals surface area contributed by atoms with Gasteiger partial charge in [0.25, 0.3) is 0 Å². The number of hydrazine groups is 1. The predicted octanol–water partition coefficient (Wildman–Crippen LogP) is -1.24. The molecule has 0 aromatic rings. The van der Waals surface area contributed by atoms with Crippen LogP contribution < -0.4 is 11.2 Å². The summed E-state index contributed by atoms with van der Waals surface area (Å²) in [4.78, 5) is 0. The molecule has 1 rings (SSSR count). The molecule has 0 aliphatic carbocycles. The van der Waals surface area contributed by atoms with Crippen LogP contribution in [-0.4, -0.2) is 31.2 Å². The minimum Gasteiger partial charge on any atom is -0.325 e. The van der Waals surface area contributed by atoms with Crippen molar-refractivity contribution < 1.29 is 0 Å². The van der Waals surface area contributed by atoms with Crippen molar-refractivity contribution in [3.8, 4) is 0 Å². The van der Waals surface area contributed by atoms with E-state index in [9.17, 15) is 0 Å². The van der Waals surface area contributed by atoms with E-state index in [1.807, 2.05) is 12.1 Å². The SMILES string of the molecule is CN1CC(N)CN1. The van der Waals surface area contributed by atoms with Crippen LogP contribution in [0.1, 0.15) is 0 Å². The van der Waals surface area contributed by atoms with Gasteiger partial charge in [-0.3, -0.25) is 5.43 Å². The molecule has 0 aromatic carbocycles. The quantitative estimate of drug-likeness (QED) is 0.401. The second kappa shape index (κ2) is 1.78. The third kappa shape index (κ3) is 1.12. The van der Waals surface area contributed by atoms with Crippen LogP contribution in [0.2, 0.25) is 0 Å². The van der Waals surface area contributed by atoms with Gasteiger partial charge in [0.2, 0.25) is 0 Å². The Labute approximate surface area is 43.4 Å². The Balaban J connectivity index is 2.26. The molecule has 1 saturated heterocycles. The van der Waals surface area contributed by atoms with Gasteiger partial charge in [-0.25, -0.2) is 5.01 Å². The summed E-state index contributed by atoms with van der Waals surface area (Å²) in [6.07, 6.45) is 0. The maximum Gasteiger partial charge on any atom is 0.0322 e. The second-order valence-electron chi connectivity index (χ2n) is 2.00. The van der Waals surface area contributed by atoms with Gasteiger partial charge in [-0.1, -0.05) is 0 Å². The Hall–Kier alpha value is -0.120. The lowest BCUT2D eigenvalue weighted by molar-refractivity contribution is 0.314. The molecule has 1 aliphatic heterocycles. The van der Waals surface area contributed by atoms with Crippen molar-refractivity contribution >= 4 is 0 Å². The molecule has 7 heavy (non-hydrogen) atoms. The summed E-state index contributed by atoms with van der Waals surface area (Å²) in [6, 6.07) is 0.338. The zero-order valence-corrected chi connectivity index (χ0v) is 4.52. The fourth-order valence-corrected chi connectivity index (χ4v) is 0.754. The highest BCUT2D eigenvalue weighted by Crippen LogP contribution is 1.88. The first kappa shape index (κ1) is 5.03. The van der Waals surface area contributed by atoms with Crippen molar-refractivity contribution in [2.24, 2.45) is 5.73 Å². The minimum atomic E-state index is 0.338. The van der Waals surface area contributed by atoms with Crippen LogP contribution in [0.5, 0.6) is 0 Å². The molecule has 1 unspecified atom stereocenters. The zero-order chi connectivity index (χ0) is 5.28. The average molecular weight is 101 g/mol. The van der Waals surface area contributed by atoms with Crippen molar-refractivity contribution in [1.82, 2.24) is 10.4 Å². The number of nitrogens with two attached hydrogens (primary N) is 1. The number of nitrogens with zero attached hydrogens (tertiary/aromatic N) is 1. The topological polar surface area (TPSA) is 41.3 Å². The van der Waals surface area contributed by atoms with Crippen LogP contribution in [0.15, 0.2) is 0 Å². The first-order valence-electron chi connectivity index (χ1n) is 2.49. The molecule has 1 heterocycles. The van der Waals surface area contributed by atoms with Crippen LogP contribution >= 0.6 is 0 Å². The number of hydrogen-bond acceptors (Lipinski definition) is 3. The van der Waals surface area contributed by atoms with Crippen LogP contribution in [0, 0.1) is 0 Å². The van der Waals surface area contributed by atoms with Crippen LogP contribution in [0.4, 0.5) is 0 Å². The van der Waals surface area contributed by atoms with Crippen LogP contribution in [-0.2, 0) is 0 Å². The molecule has 0 bridgehead atoms. The van der Waals surface area contributed by atoms with E-state index in [0.717, 1.165) is 13.1 Å². The number of nitrogens with one attached hydrogen (secondary N) is 1. The third-order valence-electron chi connectivity index (χ3n) is 1.13. The summed E-state index contributed by atoms with van der Waals surface area (Å²) in [7, 11) is 1.99. The van der Waals surface area contributed by atoms with Crippen molar-refractivity contribution in [3.63, 3.8) is 0 Å². The standard InChI is InChI=1S/C4H11N3/c1-7-3-4(5)2-6-7/h4,6H,2-3,5H2,1H3. The summed E-state index contributed by atoms with van der Waals surface area (Å²) in [6.45, 7) is 1.90. The van der Waals surface area contributed by atoms with Crippen LogP contribution in [0.3, 0.4) is 0 Å². The van der Waals surface area contributed by atoms with Crippen molar-refractivity contribution in [3.05, 3.63) is 0 Å². The van der Waals surface area contributed by atoms with E-state index in [0.29, 0.717) is 6.04 Å². The van der Waals surface area contributed by atoms with Gasteiger partial charge >= 0.3 is 0 Å². The molecule has 0 aromatic heterocycles. The van der Waals surface area contributed by atoms with Gasteiger partial charge in [0.05, 0.1) is 0 Å². The van der Waals surface area contributed by atoms with Gasteiger partial charge in [-0.05, 0) is 0 Å². The van der Waals surface area contributed by atoms with Gasteiger partial charge in [0.15, 0.2) is 0 Å². The van der Waals surface area contributed by atoms with E-state index in [2.05, 4.69) is 5.43 Å². The van der Waals surface area contributed by atoms with Crippen molar-refractivity contribution in [2.75, 3.05) is 20.1 Å². The molecule has 0 amide bonds. The molecule has 1 fully saturated rings. The minimum absolute atomic E-state index is 0.338. The summed E-state index contributed by atoms with van der Waals surface area (Å²) >= 11 is 0. The Morgan fingerprint density at radius 1 is 1.86 bits per heavy atom. The normalized spacial score (nSPS) is 34.3. The smallest absolute Gasteiger partial charge is 0.0322 e. The highest BCUT2D eigenvalue weighted by Gasteiger charge is 2.12. The third-order valence-corrected chi connectivity index (χ3v) is 1.13. The molecule has 1 aliphatic rings. The van der Waals surface area contributed by atoms with Gasteiger partial charge in [-0.2, -0.15) is 0 Å². The van der Waals surface area contributed by atoms with E-state index in [-0.39, 0.29) is 0 Å². The first-order chi connectivity index (χ1) is 3.29. The Bertz CT molecular complexity index is 56.0. The van der Waals surface area contributed by atoms with Crippen LogP contribution in [0.25, 0.3) is 0 Å². The molecule has 3 N–H and O–H groups in total. The maximum absolute atomic E-state index is 5.52. The molecule has 3 nitrogen and oxygen atoms in total. The molecule has 42 valence electrons. The Kier molecular flexibility index (Phi) is 1.27. The molecular formula is C4H11N3. The molecule has 3 heteroatoms. The fraction of sp³-hybridized carbons (Fsp3) is 1.00. The number of rotatable bonds is 0. The van der Waals surface area contributed by atoms with Gasteiger partial charge < -0.3 is 5.73 Å². The van der Waals surface area contributed by atoms with E-state index in [1.54, 1.807) is 0 Å². The number of hydrogen-bond donors (Lipinski definition) is 2. The highest BCUT2D eigenvalue weighted by atomic mass is 15.5.